The summed E-state index contributed by atoms with van der Waals surface area (Å²) in [7, 11) is -4.27. The first-order chi connectivity index (χ1) is 12.3. The number of anilines is 1. The van der Waals surface area contributed by atoms with Crippen LogP contribution >= 0.6 is 27.5 Å². The molecule has 3 rings (SSSR count). The Morgan fingerprint density at radius 3 is 2.62 bits per heavy atom. The van der Waals surface area contributed by atoms with E-state index in [1.165, 1.54) is 4.68 Å². The summed E-state index contributed by atoms with van der Waals surface area (Å²) >= 11 is 9.31. The van der Waals surface area contributed by atoms with Gasteiger partial charge in [0.25, 0.3) is 10.0 Å². The van der Waals surface area contributed by atoms with Gasteiger partial charge in [0.15, 0.2) is 5.82 Å². The van der Waals surface area contributed by atoms with Gasteiger partial charge >= 0.3 is 0 Å². The van der Waals surface area contributed by atoms with E-state index in [0.717, 1.165) is 17.7 Å². The summed E-state index contributed by atoms with van der Waals surface area (Å²) in [6.07, 6.45) is 1.56. The highest BCUT2D eigenvalue weighted by Gasteiger charge is 2.22. The summed E-state index contributed by atoms with van der Waals surface area (Å²) < 4.78 is 55.5. The van der Waals surface area contributed by atoms with E-state index in [4.69, 9.17) is 11.6 Å². The van der Waals surface area contributed by atoms with E-state index >= 15 is 0 Å². The molecule has 0 saturated carbocycles. The van der Waals surface area contributed by atoms with Crippen LogP contribution in [0.1, 0.15) is 5.56 Å². The minimum absolute atomic E-state index is 0.0271. The van der Waals surface area contributed by atoms with Crippen LogP contribution in [0.2, 0.25) is 5.02 Å². The fraction of sp³-hybridized carbons (Fsp3) is 0.0625. The number of rotatable bonds is 5. The summed E-state index contributed by atoms with van der Waals surface area (Å²) in [4.78, 5) is -0.675. The molecule has 1 heterocycles. The number of nitrogens with one attached hydrogen (secondary N) is 1. The van der Waals surface area contributed by atoms with Crippen molar-refractivity contribution in [2.24, 2.45) is 0 Å². The monoisotopic (exact) mass is 461 g/mol. The number of hydrogen-bond acceptors (Lipinski definition) is 3. The first kappa shape index (κ1) is 18.8. The molecule has 0 bridgehead atoms. The molecule has 0 fully saturated rings. The molecule has 0 aliphatic heterocycles. The Morgan fingerprint density at radius 2 is 1.92 bits per heavy atom. The number of hydrogen-bond donors (Lipinski definition) is 1. The highest BCUT2D eigenvalue weighted by molar-refractivity contribution is 9.10. The average Bonchev–Trinajstić information content (AvgIpc) is 2.88. The zero-order chi connectivity index (χ0) is 18.9. The van der Waals surface area contributed by atoms with Crippen LogP contribution in [0.5, 0.6) is 0 Å². The molecule has 2 aromatic carbocycles. The van der Waals surface area contributed by atoms with E-state index < -0.39 is 26.6 Å². The van der Waals surface area contributed by atoms with Crippen molar-refractivity contribution in [1.29, 1.82) is 0 Å². The van der Waals surface area contributed by atoms with E-state index in [2.05, 4.69) is 25.8 Å². The molecule has 26 heavy (non-hydrogen) atoms. The first-order valence-electron chi connectivity index (χ1n) is 7.20. The lowest BCUT2D eigenvalue weighted by Crippen LogP contribution is -2.15. The number of halogens is 4. The molecule has 3 aromatic rings. The fourth-order valence-corrected chi connectivity index (χ4v) is 4.04. The lowest BCUT2D eigenvalue weighted by molar-refractivity contribution is 0.551. The van der Waals surface area contributed by atoms with Gasteiger partial charge in [-0.2, -0.15) is 5.10 Å². The summed E-state index contributed by atoms with van der Waals surface area (Å²) in [6, 6.07) is 9.37. The Balaban J connectivity index is 1.86. The van der Waals surface area contributed by atoms with Crippen molar-refractivity contribution in [1.82, 2.24) is 9.78 Å². The third-order valence-corrected chi connectivity index (χ3v) is 5.74. The molecule has 136 valence electrons. The third-order valence-electron chi connectivity index (χ3n) is 3.42. The minimum atomic E-state index is -4.27. The van der Waals surface area contributed by atoms with E-state index in [9.17, 15) is 17.2 Å². The zero-order valence-corrected chi connectivity index (χ0v) is 16.1. The molecule has 5 nitrogen and oxygen atoms in total. The van der Waals surface area contributed by atoms with Crippen LogP contribution in [0.4, 0.5) is 14.6 Å². The standard InChI is InChI=1S/C16H11BrClF2N3O2S/c17-12-9-23(8-10-3-1-2-4-13(10)18)21-16(12)22-26(24,25)15-6-5-11(19)7-14(15)20/h1-7,9H,8H2,(H,21,22). The fourth-order valence-electron chi connectivity index (χ4n) is 2.22. The molecule has 0 aliphatic rings. The second kappa shape index (κ2) is 7.34. The number of sulfonamides is 1. The second-order valence-corrected chi connectivity index (χ2v) is 8.21. The van der Waals surface area contributed by atoms with Crippen molar-refractivity contribution < 1.29 is 17.2 Å². The predicted octanol–water partition coefficient (Wildman–Crippen LogP) is 4.43. The average molecular weight is 463 g/mol. The Kier molecular flexibility index (Phi) is 5.31. The van der Waals surface area contributed by atoms with Crippen LogP contribution in [-0.2, 0) is 16.6 Å². The number of aromatic nitrogens is 2. The smallest absolute Gasteiger partial charge is 0.265 e. The highest BCUT2D eigenvalue weighted by atomic mass is 79.9. The molecule has 1 N–H and O–H groups in total. The highest BCUT2D eigenvalue weighted by Crippen LogP contribution is 2.26. The van der Waals surface area contributed by atoms with Crippen molar-refractivity contribution >= 4 is 43.4 Å². The van der Waals surface area contributed by atoms with E-state index in [1.54, 1.807) is 18.3 Å². The van der Waals surface area contributed by atoms with Gasteiger partial charge in [-0.05, 0) is 39.7 Å². The number of benzene rings is 2. The lowest BCUT2D eigenvalue weighted by Gasteiger charge is -2.07. The Bertz CT molecular complexity index is 1070. The molecule has 0 spiro atoms. The Labute approximate surface area is 161 Å². The van der Waals surface area contributed by atoms with Gasteiger partial charge in [0, 0.05) is 17.3 Å². The van der Waals surface area contributed by atoms with Gasteiger partial charge in [0.2, 0.25) is 0 Å². The van der Waals surface area contributed by atoms with Crippen LogP contribution < -0.4 is 4.72 Å². The maximum absolute atomic E-state index is 13.8. The van der Waals surface area contributed by atoms with Crippen molar-refractivity contribution in [2.75, 3.05) is 4.72 Å². The van der Waals surface area contributed by atoms with Gasteiger partial charge in [-0.25, -0.2) is 17.2 Å². The normalized spacial score (nSPS) is 11.5. The third kappa shape index (κ3) is 4.05. The lowest BCUT2D eigenvalue weighted by atomic mass is 10.2. The van der Waals surface area contributed by atoms with E-state index in [-0.39, 0.29) is 5.82 Å². The maximum atomic E-state index is 13.8. The first-order valence-corrected chi connectivity index (χ1v) is 9.86. The molecule has 1 aromatic heterocycles. The van der Waals surface area contributed by atoms with E-state index in [0.29, 0.717) is 22.1 Å². The topological polar surface area (TPSA) is 64.0 Å². The zero-order valence-electron chi connectivity index (χ0n) is 13.0. The summed E-state index contributed by atoms with van der Waals surface area (Å²) in [5, 5.41) is 4.68. The summed E-state index contributed by atoms with van der Waals surface area (Å²) in [5.41, 5.74) is 0.795. The largest absolute Gasteiger partial charge is 0.266 e. The molecule has 0 saturated heterocycles. The molecule has 0 aliphatic carbocycles. The minimum Gasteiger partial charge on any atom is -0.265 e. The maximum Gasteiger partial charge on any atom is 0.266 e. The van der Waals surface area contributed by atoms with Gasteiger partial charge < -0.3 is 0 Å². The molecule has 0 atom stereocenters. The molecule has 0 radical (unpaired) electrons. The van der Waals surface area contributed by atoms with Crippen molar-refractivity contribution in [2.45, 2.75) is 11.4 Å². The Morgan fingerprint density at radius 1 is 1.19 bits per heavy atom. The quantitative estimate of drug-likeness (QED) is 0.610. The van der Waals surface area contributed by atoms with Crippen LogP contribution in [0.15, 0.2) is 58.0 Å². The van der Waals surface area contributed by atoms with Crippen molar-refractivity contribution in [3.05, 3.63) is 75.4 Å². The van der Waals surface area contributed by atoms with Crippen molar-refractivity contribution in [3.63, 3.8) is 0 Å². The van der Waals surface area contributed by atoms with Crippen LogP contribution in [0.25, 0.3) is 0 Å². The second-order valence-electron chi connectivity index (χ2n) is 5.29. The van der Waals surface area contributed by atoms with Crippen LogP contribution in [-0.4, -0.2) is 18.2 Å². The number of nitrogens with zero attached hydrogens (tertiary/aromatic N) is 2. The van der Waals surface area contributed by atoms with E-state index in [1.807, 2.05) is 12.1 Å². The van der Waals surface area contributed by atoms with Crippen LogP contribution in [0, 0.1) is 11.6 Å². The van der Waals surface area contributed by atoms with Gasteiger partial charge in [-0.15, -0.1) is 0 Å². The Hall–Kier alpha value is -1.97. The molecular formula is C16H11BrClF2N3O2S. The predicted molar refractivity (Wildman–Crippen MR) is 97.6 cm³/mol. The van der Waals surface area contributed by atoms with Crippen LogP contribution in [0.3, 0.4) is 0 Å². The van der Waals surface area contributed by atoms with Gasteiger partial charge in [0.1, 0.15) is 16.5 Å². The summed E-state index contributed by atoms with van der Waals surface area (Å²) in [6.45, 7) is 0.310. The molecule has 0 amide bonds. The summed E-state index contributed by atoms with van der Waals surface area (Å²) in [5.74, 6) is -2.09. The SMILES string of the molecule is O=S(=O)(Nc1nn(Cc2ccccc2Cl)cc1Br)c1ccc(F)cc1F. The molecule has 10 heteroatoms. The van der Waals surface area contributed by atoms with Gasteiger partial charge in [-0.3, -0.25) is 9.40 Å². The molecule has 0 unspecified atom stereocenters. The molecular weight excluding hydrogens is 452 g/mol. The van der Waals surface area contributed by atoms with Gasteiger partial charge in [0.05, 0.1) is 11.0 Å². The van der Waals surface area contributed by atoms with Crippen molar-refractivity contribution in [3.8, 4) is 0 Å². The van der Waals surface area contributed by atoms with Gasteiger partial charge in [-0.1, -0.05) is 29.8 Å².